The first-order valence-corrected chi connectivity index (χ1v) is 10.5. The van der Waals surface area contributed by atoms with Crippen molar-refractivity contribution in [3.8, 4) is 0 Å². The fraction of sp³-hybridized carbons (Fsp3) is 0.353. The van der Waals surface area contributed by atoms with Crippen LogP contribution in [0.4, 0.5) is 5.69 Å². The Morgan fingerprint density at radius 2 is 1.85 bits per heavy atom. The summed E-state index contributed by atoms with van der Waals surface area (Å²) in [5.74, 6) is -0.197. The molecule has 4 N–H and O–H groups in total. The van der Waals surface area contributed by atoms with Crippen LogP contribution in [0.15, 0.2) is 46.0 Å². The standard InChI is InChI=1S/C17H21N3O3S2.ClH/c18-13-6-8-14(9-7-13)19-17(21)12-3-1-4-15(11-12)20-25(22,23)16-5-2-10-24-16;/h1-5,10-11,13-14,20H,6-9,18H2,(H,19,21);1H. The second-order valence-corrected chi connectivity index (χ2v) is 9.06. The van der Waals surface area contributed by atoms with Crippen LogP contribution in [-0.4, -0.2) is 26.4 Å². The van der Waals surface area contributed by atoms with Gasteiger partial charge in [0.15, 0.2) is 0 Å². The third-order valence-electron chi connectivity index (χ3n) is 4.24. The second kappa shape index (κ2) is 8.85. The van der Waals surface area contributed by atoms with E-state index in [2.05, 4.69) is 10.0 Å². The van der Waals surface area contributed by atoms with Crippen molar-refractivity contribution in [2.24, 2.45) is 5.73 Å². The van der Waals surface area contributed by atoms with Gasteiger partial charge in [0.1, 0.15) is 4.21 Å². The molecule has 3 rings (SSSR count). The quantitative estimate of drug-likeness (QED) is 0.698. The minimum atomic E-state index is -3.62. The molecule has 0 bridgehead atoms. The van der Waals surface area contributed by atoms with Crippen LogP contribution in [-0.2, 0) is 10.0 Å². The largest absolute Gasteiger partial charge is 0.349 e. The molecule has 0 aliphatic heterocycles. The summed E-state index contributed by atoms with van der Waals surface area (Å²) in [5, 5.41) is 4.71. The lowest BCUT2D eigenvalue weighted by Crippen LogP contribution is -2.40. The maximum absolute atomic E-state index is 12.4. The van der Waals surface area contributed by atoms with Crippen molar-refractivity contribution >= 4 is 45.4 Å². The zero-order chi connectivity index (χ0) is 17.9. The van der Waals surface area contributed by atoms with E-state index in [1.165, 1.54) is 6.07 Å². The number of halogens is 1. The molecule has 6 nitrogen and oxygen atoms in total. The first kappa shape index (κ1) is 20.7. The Hall–Kier alpha value is -1.61. The Morgan fingerprint density at radius 3 is 2.50 bits per heavy atom. The molecule has 2 aromatic rings. The highest BCUT2D eigenvalue weighted by Gasteiger charge is 2.21. The molecule has 1 fully saturated rings. The lowest BCUT2D eigenvalue weighted by atomic mass is 9.91. The Bertz CT molecular complexity index is 833. The van der Waals surface area contributed by atoms with E-state index in [1.807, 2.05) is 0 Å². The summed E-state index contributed by atoms with van der Waals surface area (Å²) in [6.45, 7) is 0. The highest BCUT2D eigenvalue weighted by Crippen LogP contribution is 2.21. The molecule has 1 heterocycles. The van der Waals surface area contributed by atoms with E-state index in [4.69, 9.17) is 5.73 Å². The molecule has 0 radical (unpaired) electrons. The van der Waals surface area contributed by atoms with E-state index >= 15 is 0 Å². The van der Waals surface area contributed by atoms with Gasteiger partial charge in [-0.25, -0.2) is 8.42 Å². The lowest BCUT2D eigenvalue weighted by Gasteiger charge is -2.26. The number of benzene rings is 1. The molecule has 0 saturated heterocycles. The average molecular weight is 416 g/mol. The molecule has 1 amide bonds. The van der Waals surface area contributed by atoms with Crippen molar-refractivity contribution in [2.75, 3.05) is 4.72 Å². The monoisotopic (exact) mass is 415 g/mol. The van der Waals surface area contributed by atoms with Crippen molar-refractivity contribution in [3.05, 3.63) is 47.3 Å². The van der Waals surface area contributed by atoms with E-state index in [1.54, 1.807) is 35.7 Å². The van der Waals surface area contributed by atoms with E-state index in [9.17, 15) is 13.2 Å². The van der Waals surface area contributed by atoms with Crippen LogP contribution in [0.2, 0.25) is 0 Å². The van der Waals surface area contributed by atoms with Gasteiger partial charge < -0.3 is 11.1 Å². The van der Waals surface area contributed by atoms with Crippen molar-refractivity contribution in [1.29, 1.82) is 0 Å². The predicted octanol–water partition coefficient (Wildman–Crippen LogP) is 2.97. The Morgan fingerprint density at radius 1 is 1.12 bits per heavy atom. The summed E-state index contributed by atoms with van der Waals surface area (Å²) in [5.41, 5.74) is 6.68. The van der Waals surface area contributed by atoms with Gasteiger partial charge in [-0.05, 0) is 55.3 Å². The van der Waals surface area contributed by atoms with Gasteiger partial charge in [0.2, 0.25) is 0 Å². The lowest BCUT2D eigenvalue weighted by molar-refractivity contribution is 0.0926. The second-order valence-electron chi connectivity index (χ2n) is 6.20. The molecule has 142 valence electrons. The van der Waals surface area contributed by atoms with E-state index < -0.39 is 10.0 Å². The Labute approximate surface area is 163 Å². The average Bonchev–Trinajstić information content (AvgIpc) is 3.12. The molecule has 1 aliphatic rings. The van der Waals surface area contributed by atoms with E-state index in [0.29, 0.717) is 11.3 Å². The normalized spacial score (nSPS) is 20.0. The molecule has 0 unspecified atom stereocenters. The number of carbonyl (C=O) groups is 1. The number of thiophene rings is 1. The summed E-state index contributed by atoms with van der Waals surface area (Å²) in [6.07, 6.45) is 3.56. The highest BCUT2D eigenvalue weighted by molar-refractivity contribution is 7.94. The fourth-order valence-electron chi connectivity index (χ4n) is 2.88. The third-order valence-corrected chi connectivity index (χ3v) is 7.02. The molecule has 0 spiro atoms. The summed E-state index contributed by atoms with van der Waals surface area (Å²) in [4.78, 5) is 12.4. The number of anilines is 1. The molecule has 1 aromatic carbocycles. The van der Waals surface area contributed by atoms with Gasteiger partial charge in [-0.15, -0.1) is 23.7 Å². The maximum atomic E-state index is 12.4. The zero-order valence-corrected chi connectivity index (χ0v) is 16.5. The van der Waals surface area contributed by atoms with Crippen LogP contribution in [0.3, 0.4) is 0 Å². The molecule has 26 heavy (non-hydrogen) atoms. The van der Waals surface area contributed by atoms with Gasteiger partial charge in [0.25, 0.3) is 15.9 Å². The van der Waals surface area contributed by atoms with E-state index in [-0.39, 0.29) is 34.6 Å². The number of sulfonamides is 1. The van der Waals surface area contributed by atoms with Crippen LogP contribution in [0, 0.1) is 0 Å². The van der Waals surface area contributed by atoms with Crippen LogP contribution >= 0.6 is 23.7 Å². The van der Waals surface area contributed by atoms with Crippen LogP contribution in [0.5, 0.6) is 0 Å². The van der Waals surface area contributed by atoms with Crippen LogP contribution in [0.1, 0.15) is 36.0 Å². The third kappa shape index (κ3) is 5.20. The molecule has 1 aliphatic carbocycles. The van der Waals surface area contributed by atoms with Crippen molar-refractivity contribution in [3.63, 3.8) is 0 Å². The van der Waals surface area contributed by atoms with Gasteiger partial charge in [0.05, 0.1) is 0 Å². The first-order valence-electron chi connectivity index (χ1n) is 8.17. The number of nitrogens with two attached hydrogens (primary N) is 1. The van der Waals surface area contributed by atoms with Gasteiger partial charge in [-0.1, -0.05) is 12.1 Å². The molecule has 0 atom stereocenters. The number of amides is 1. The molecular weight excluding hydrogens is 394 g/mol. The number of hydrogen-bond donors (Lipinski definition) is 3. The van der Waals surface area contributed by atoms with Gasteiger partial charge >= 0.3 is 0 Å². The molecule has 1 saturated carbocycles. The number of carbonyl (C=O) groups excluding carboxylic acids is 1. The van der Waals surface area contributed by atoms with Gasteiger partial charge in [-0.2, -0.15) is 0 Å². The SMILES string of the molecule is Cl.NC1CCC(NC(=O)c2cccc(NS(=O)(=O)c3cccs3)c2)CC1. The van der Waals surface area contributed by atoms with Crippen molar-refractivity contribution in [2.45, 2.75) is 42.0 Å². The minimum Gasteiger partial charge on any atom is -0.349 e. The maximum Gasteiger partial charge on any atom is 0.271 e. The first-order chi connectivity index (χ1) is 11.9. The number of rotatable bonds is 5. The van der Waals surface area contributed by atoms with Crippen molar-refractivity contribution < 1.29 is 13.2 Å². The van der Waals surface area contributed by atoms with E-state index in [0.717, 1.165) is 37.0 Å². The Balaban J connectivity index is 0.00000243. The molecule has 1 aromatic heterocycles. The molecule has 9 heteroatoms. The zero-order valence-electron chi connectivity index (χ0n) is 14.1. The summed E-state index contributed by atoms with van der Waals surface area (Å²) in [7, 11) is -3.62. The van der Waals surface area contributed by atoms with Gasteiger partial charge in [0, 0.05) is 23.3 Å². The van der Waals surface area contributed by atoms with Gasteiger partial charge in [-0.3, -0.25) is 9.52 Å². The summed E-state index contributed by atoms with van der Waals surface area (Å²) < 4.78 is 27.3. The Kier molecular flexibility index (Phi) is 7.05. The minimum absolute atomic E-state index is 0. The van der Waals surface area contributed by atoms with Crippen LogP contribution in [0.25, 0.3) is 0 Å². The predicted molar refractivity (Wildman–Crippen MR) is 107 cm³/mol. The van der Waals surface area contributed by atoms with Crippen LogP contribution < -0.4 is 15.8 Å². The number of nitrogens with one attached hydrogen (secondary N) is 2. The fourth-order valence-corrected chi connectivity index (χ4v) is 4.92. The summed E-state index contributed by atoms with van der Waals surface area (Å²) in [6, 6.07) is 10.1. The highest BCUT2D eigenvalue weighted by atomic mass is 35.5. The smallest absolute Gasteiger partial charge is 0.271 e. The van der Waals surface area contributed by atoms with Crippen molar-refractivity contribution in [1.82, 2.24) is 5.32 Å². The number of hydrogen-bond acceptors (Lipinski definition) is 5. The summed E-state index contributed by atoms with van der Waals surface area (Å²) >= 11 is 1.14. The topological polar surface area (TPSA) is 101 Å². The molecular formula is C17H22ClN3O3S2.